The number of para-hydroxylation sites is 4. The van der Waals surface area contributed by atoms with Crippen molar-refractivity contribution in [2.75, 3.05) is 17.2 Å². The first-order chi connectivity index (χ1) is 30.0. The lowest BCUT2D eigenvalue weighted by atomic mass is 10.1. The van der Waals surface area contributed by atoms with Gasteiger partial charge >= 0.3 is 0 Å². The van der Waals surface area contributed by atoms with Crippen LogP contribution in [0, 0.1) is 20.2 Å². The van der Waals surface area contributed by atoms with E-state index in [0.29, 0.717) is 46.3 Å². The number of amides is 3. The highest BCUT2D eigenvalue weighted by atomic mass is 16.6. The number of hydrogen-bond donors (Lipinski definition) is 5. The van der Waals surface area contributed by atoms with Crippen molar-refractivity contribution in [1.29, 1.82) is 0 Å². The highest BCUT2D eigenvalue weighted by Crippen LogP contribution is 2.38. The molecule has 0 aliphatic rings. The molecule has 16 nitrogen and oxygen atoms in total. The Kier molecular flexibility index (Phi) is 11.3. The lowest BCUT2D eigenvalue weighted by Gasteiger charge is -2.16. The molecule has 8 aromatic rings. The lowest BCUT2D eigenvalue weighted by molar-refractivity contribution is -0.384. The van der Waals surface area contributed by atoms with Crippen LogP contribution in [0.15, 0.2) is 133 Å². The van der Waals surface area contributed by atoms with Crippen LogP contribution in [0.2, 0.25) is 0 Å². The first-order valence-electron chi connectivity index (χ1n) is 19.6. The number of carbonyl (C=O) groups is 3. The molecular weight excluding hydrogens is 791 g/mol. The van der Waals surface area contributed by atoms with Gasteiger partial charge in [0, 0.05) is 51.3 Å². The standard InChI is InChI=1S/C46H37N9O7/c47-44(56)39(53-46(58)28-21-23-38(41(26-28)55(61)62)52-43-31-13-3-7-17-35(31)50-36-18-8-4-14-32(36)43)19-9-10-24-48-45(57)27-20-22-37(40(25-27)54(59)60)51-42-29-11-1-5-15-33(29)49-34-16-6-2-12-30(34)42/h1-8,11-18,20-23,25-26,39H,9-10,19,24H2,(H2,47,56)(H,48,57)(H,49,51)(H,50,52)(H,53,58). The average molecular weight is 828 g/mol. The minimum absolute atomic E-state index is 0.0528. The second-order valence-electron chi connectivity index (χ2n) is 14.5. The molecule has 6 aromatic carbocycles. The number of nitrogens with zero attached hydrogens (tertiary/aromatic N) is 4. The molecule has 0 spiro atoms. The first-order valence-corrected chi connectivity index (χ1v) is 19.6. The molecule has 3 amide bonds. The Balaban J connectivity index is 0.893. The highest BCUT2D eigenvalue weighted by molar-refractivity contribution is 6.10. The van der Waals surface area contributed by atoms with E-state index in [4.69, 9.17) is 15.7 Å². The van der Waals surface area contributed by atoms with Crippen LogP contribution in [-0.4, -0.2) is 50.1 Å². The minimum Gasteiger partial charge on any atom is -0.368 e. The Morgan fingerprint density at radius 1 is 0.565 bits per heavy atom. The Bertz CT molecular complexity index is 3000. The van der Waals surface area contributed by atoms with Crippen molar-refractivity contribution in [2.45, 2.75) is 25.3 Å². The van der Waals surface area contributed by atoms with Crippen LogP contribution in [0.5, 0.6) is 0 Å². The highest BCUT2D eigenvalue weighted by Gasteiger charge is 2.24. The summed E-state index contributed by atoms with van der Waals surface area (Å²) in [5, 5.41) is 39.3. The molecule has 0 aliphatic carbocycles. The predicted octanol–water partition coefficient (Wildman–Crippen LogP) is 8.58. The van der Waals surface area contributed by atoms with Gasteiger partial charge < -0.3 is 27.0 Å². The molecule has 2 heterocycles. The third-order valence-electron chi connectivity index (χ3n) is 10.5. The van der Waals surface area contributed by atoms with E-state index in [2.05, 4.69) is 21.3 Å². The number of nitro benzene ring substituents is 2. The number of unbranched alkanes of at least 4 members (excludes halogenated alkanes) is 1. The van der Waals surface area contributed by atoms with E-state index < -0.39 is 33.6 Å². The van der Waals surface area contributed by atoms with Crippen LogP contribution in [0.1, 0.15) is 40.0 Å². The maximum absolute atomic E-state index is 13.3. The van der Waals surface area contributed by atoms with Crippen LogP contribution in [-0.2, 0) is 4.79 Å². The summed E-state index contributed by atoms with van der Waals surface area (Å²) < 4.78 is 0. The van der Waals surface area contributed by atoms with Crippen LogP contribution >= 0.6 is 0 Å². The van der Waals surface area contributed by atoms with Crippen LogP contribution in [0.4, 0.5) is 34.1 Å². The van der Waals surface area contributed by atoms with Crippen molar-refractivity contribution in [3.05, 3.63) is 165 Å². The molecule has 6 N–H and O–H groups in total. The molecule has 1 atom stereocenters. The van der Waals surface area contributed by atoms with Crippen molar-refractivity contribution in [2.24, 2.45) is 5.73 Å². The molecule has 308 valence electrons. The molecule has 16 heteroatoms. The second kappa shape index (κ2) is 17.4. The molecule has 2 aromatic heterocycles. The van der Waals surface area contributed by atoms with E-state index in [1.54, 1.807) is 0 Å². The Hall–Kier alpha value is -8.53. The van der Waals surface area contributed by atoms with Gasteiger partial charge in [0.1, 0.15) is 17.4 Å². The Labute approximate surface area is 352 Å². The van der Waals surface area contributed by atoms with Gasteiger partial charge in [-0.15, -0.1) is 0 Å². The zero-order valence-electron chi connectivity index (χ0n) is 32.8. The van der Waals surface area contributed by atoms with Crippen molar-refractivity contribution in [3.8, 4) is 0 Å². The summed E-state index contributed by atoms with van der Waals surface area (Å²) in [6.45, 7) is 0.157. The smallest absolute Gasteiger partial charge is 0.293 e. The number of primary amides is 1. The molecule has 0 fully saturated rings. The van der Waals surface area contributed by atoms with Gasteiger partial charge in [-0.1, -0.05) is 72.8 Å². The number of nitro groups is 2. The van der Waals surface area contributed by atoms with E-state index in [9.17, 15) is 34.6 Å². The zero-order chi connectivity index (χ0) is 43.3. The van der Waals surface area contributed by atoms with E-state index in [-0.39, 0.29) is 46.8 Å². The fourth-order valence-electron chi connectivity index (χ4n) is 7.38. The molecule has 8 rings (SSSR count). The van der Waals surface area contributed by atoms with E-state index >= 15 is 0 Å². The number of pyridine rings is 2. The van der Waals surface area contributed by atoms with E-state index in [1.807, 2.05) is 97.1 Å². The normalized spacial score (nSPS) is 11.6. The molecular formula is C46H37N9O7. The van der Waals surface area contributed by atoms with E-state index in [1.165, 1.54) is 30.3 Å². The van der Waals surface area contributed by atoms with Crippen molar-refractivity contribution in [3.63, 3.8) is 0 Å². The lowest BCUT2D eigenvalue weighted by Crippen LogP contribution is -2.44. The number of nitrogens with two attached hydrogens (primary N) is 1. The van der Waals surface area contributed by atoms with Crippen molar-refractivity contribution < 1.29 is 24.2 Å². The van der Waals surface area contributed by atoms with Gasteiger partial charge in [-0.05, 0) is 67.8 Å². The number of carbonyl (C=O) groups excluding carboxylic acids is 3. The van der Waals surface area contributed by atoms with Gasteiger partial charge in [-0.3, -0.25) is 34.6 Å². The number of rotatable bonds is 15. The zero-order valence-corrected chi connectivity index (χ0v) is 32.8. The van der Waals surface area contributed by atoms with Gasteiger partial charge in [-0.25, -0.2) is 9.97 Å². The van der Waals surface area contributed by atoms with Crippen molar-refractivity contribution >= 4 is 95.5 Å². The summed E-state index contributed by atoms with van der Waals surface area (Å²) in [6.07, 6.45) is 0.840. The number of fused-ring (bicyclic) bond motifs is 4. The maximum atomic E-state index is 13.3. The summed E-state index contributed by atoms with van der Waals surface area (Å²) >= 11 is 0. The van der Waals surface area contributed by atoms with E-state index in [0.717, 1.165) is 27.6 Å². The number of hydrogen-bond acceptors (Lipinski definition) is 11. The average Bonchev–Trinajstić information content (AvgIpc) is 3.28. The predicted molar refractivity (Wildman–Crippen MR) is 238 cm³/mol. The summed E-state index contributed by atoms with van der Waals surface area (Å²) in [5.41, 5.74) is 9.42. The van der Waals surface area contributed by atoms with Gasteiger partial charge in [0.15, 0.2) is 0 Å². The summed E-state index contributed by atoms with van der Waals surface area (Å²) in [6, 6.07) is 36.8. The second-order valence-corrected chi connectivity index (χ2v) is 14.5. The largest absolute Gasteiger partial charge is 0.368 e. The summed E-state index contributed by atoms with van der Waals surface area (Å²) in [5.74, 6) is -2.08. The monoisotopic (exact) mass is 827 g/mol. The first kappa shape index (κ1) is 40.3. The summed E-state index contributed by atoms with van der Waals surface area (Å²) in [7, 11) is 0. The molecule has 0 bridgehead atoms. The SMILES string of the molecule is NC(=O)C(CCCCNC(=O)c1ccc(Nc2c3ccccc3nc3ccccc23)c([N+](=O)[O-])c1)NC(=O)c1ccc(Nc2c3ccccc3nc3ccccc23)c([N+](=O)[O-])c1. The third-order valence-corrected chi connectivity index (χ3v) is 10.5. The van der Waals surface area contributed by atoms with Crippen LogP contribution < -0.4 is 27.0 Å². The number of benzene rings is 6. The number of anilines is 4. The number of aromatic nitrogens is 2. The Morgan fingerprint density at radius 3 is 1.37 bits per heavy atom. The third kappa shape index (κ3) is 8.33. The number of nitrogens with one attached hydrogen (secondary N) is 4. The topological polar surface area (TPSA) is 237 Å². The fourth-order valence-corrected chi connectivity index (χ4v) is 7.38. The Morgan fingerprint density at radius 2 is 0.968 bits per heavy atom. The van der Waals surface area contributed by atoms with Gasteiger partial charge in [0.05, 0.1) is 43.3 Å². The minimum atomic E-state index is -1.11. The molecule has 0 radical (unpaired) electrons. The van der Waals surface area contributed by atoms with Gasteiger partial charge in [-0.2, -0.15) is 0 Å². The molecule has 0 saturated heterocycles. The van der Waals surface area contributed by atoms with Gasteiger partial charge in [0.2, 0.25) is 5.91 Å². The maximum Gasteiger partial charge on any atom is 0.293 e. The quantitative estimate of drug-likeness (QED) is 0.0284. The van der Waals surface area contributed by atoms with Crippen molar-refractivity contribution in [1.82, 2.24) is 20.6 Å². The molecule has 0 saturated carbocycles. The molecule has 0 aliphatic heterocycles. The van der Waals surface area contributed by atoms with Crippen LogP contribution in [0.3, 0.4) is 0 Å². The summed E-state index contributed by atoms with van der Waals surface area (Å²) in [4.78, 5) is 71.6. The molecule has 1 unspecified atom stereocenters. The van der Waals surface area contributed by atoms with Crippen LogP contribution in [0.25, 0.3) is 43.6 Å². The fraction of sp³-hybridized carbons (Fsp3) is 0.109. The molecule has 62 heavy (non-hydrogen) atoms. The van der Waals surface area contributed by atoms with Gasteiger partial charge in [0.25, 0.3) is 23.2 Å².